The zero-order valence-electron chi connectivity index (χ0n) is 12.2. The van der Waals surface area contributed by atoms with E-state index in [2.05, 4.69) is 5.32 Å². The maximum Gasteiger partial charge on any atom is 0.231 e. The van der Waals surface area contributed by atoms with E-state index < -0.39 is 0 Å². The topological polar surface area (TPSA) is 55.1 Å². The van der Waals surface area contributed by atoms with E-state index in [1.807, 2.05) is 30.5 Å². The van der Waals surface area contributed by atoms with Gasteiger partial charge in [0.25, 0.3) is 0 Å². The van der Waals surface area contributed by atoms with Crippen LogP contribution in [0, 0.1) is 5.41 Å². The molecule has 1 aromatic carbocycles. The van der Waals surface area contributed by atoms with Crippen molar-refractivity contribution >= 4 is 23.4 Å². The minimum Gasteiger partial charge on any atom is -0.329 e. The van der Waals surface area contributed by atoms with Gasteiger partial charge in [0.2, 0.25) is 5.91 Å². The van der Waals surface area contributed by atoms with Crippen molar-refractivity contribution < 1.29 is 4.79 Å². The first-order valence-electron chi connectivity index (χ1n) is 7.36. The molecule has 1 amide bonds. The summed E-state index contributed by atoms with van der Waals surface area (Å²) in [5.41, 5.74) is 6.46. The van der Waals surface area contributed by atoms with E-state index in [4.69, 9.17) is 5.73 Å². The van der Waals surface area contributed by atoms with Crippen LogP contribution in [0.2, 0.25) is 0 Å². The fourth-order valence-electron chi connectivity index (χ4n) is 2.89. The molecule has 0 spiro atoms. The zero-order chi connectivity index (χ0) is 14.4. The number of rotatable bonds is 4. The largest absolute Gasteiger partial charge is 0.329 e. The number of nitrogens with two attached hydrogens (primary N) is 1. The lowest BCUT2D eigenvalue weighted by molar-refractivity contribution is -0.125. The Balaban J connectivity index is 2.11. The molecule has 3 nitrogen and oxygen atoms in total. The predicted molar refractivity (Wildman–Crippen MR) is 86.0 cm³/mol. The SMILES string of the molecule is CSc1cccc(NC(=O)C2(CN)CCCCCC2)c1. The standard InChI is InChI=1S/C16H24N2OS/c1-20-14-8-6-7-13(11-14)18-15(19)16(12-17)9-4-2-3-5-10-16/h6-8,11H,2-5,9-10,12,17H2,1H3,(H,18,19). The molecule has 0 bridgehead atoms. The second kappa shape index (κ2) is 7.14. The van der Waals surface area contributed by atoms with E-state index in [-0.39, 0.29) is 11.3 Å². The van der Waals surface area contributed by atoms with E-state index in [0.29, 0.717) is 6.54 Å². The summed E-state index contributed by atoms with van der Waals surface area (Å²) in [6.45, 7) is 0.445. The summed E-state index contributed by atoms with van der Waals surface area (Å²) in [6.07, 6.45) is 8.52. The minimum atomic E-state index is -0.369. The van der Waals surface area contributed by atoms with Crippen molar-refractivity contribution in [2.45, 2.75) is 43.4 Å². The highest BCUT2D eigenvalue weighted by atomic mass is 32.2. The molecule has 0 aliphatic heterocycles. The Bertz CT molecular complexity index is 454. The summed E-state index contributed by atoms with van der Waals surface area (Å²) in [6, 6.07) is 7.98. The number of anilines is 1. The molecule has 0 radical (unpaired) electrons. The molecule has 1 fully saturated rings. The number of carbonyl (C=O) groups excluding carboxylic acids is 1. The van der Waals surface area contributed by atoms with Crippen molar-refractivity contribution in [3.05, 3.63) is 24.3 Å². The summed E-state index contributed by atoms with van der Waals surface area (Å²) in [4.78, 5) is 13.8. The quantitative estimate of drug-likeness (QED) is 0.658. The Hall–Kier alpha value is -1.00. The van der Waals surface area contributed by atoms with Gasteiger partial charge in [-0.2, -0.15) is 0 Å². The summed E-state index contributed by atoms with van der Waals surface area (Å²) in [7, 11) is 0. The van der Waals surface area contributed by atoms with Crippen LogP contribution in [0.4, 0.5) is 5.69 Å². The molecule has 0 saturated heterocycles. The summed E-state index contributed by atoms with van der Waals surface area (Å²) in [5, 5.41) is 3.07. The van der Waals surface area contributed by atoms with E-state index in [9.17, 15) is 4.79 Å². The number of carbonyl (C=O) groups is 1. The second-order valence-electron chi connectivity index (χ2n) is 5.58. The number of hydrogen-bond acceptors (Lipinski definition) is 3. The van der Waals surface area contributed by atoms with Crippen LogP contribution in [0.5, 0.6) is 0 Å². The first-order valence-corrected chi connectivity index (χ1v) is 8.58. The van der Waals surface area contributed by atoms with E-state index in [1.165, 1.54) is 12.8 Å². The van der Waals surface area contributed by atoms with Gasteiger partial charge in [0.15, 0.2) is 0 Å². The van der Waals surface area contributed by atoms with Crippen LogP contribution in [-0.4, -0.2) is 18.7 Å². The van der Waals surface area contributed by atoms with Crippen molar-refractivity contribution in [1.82, 2.24) is 0 Å². The third kappa shape index (κ3) is 3.55. The molecule has 0 atom stereocenters. The van der Waals surface area contributed by atoms with Gasteiger partial charge in [0.05, 0.1) is 5.41 Å². The average Bonchev–Trinajstić information content (AvgIpc) is 2.74. The molecule has 0 aromatic heterocycles. The molecule has 1 aromatic rings. The fourth-order valence-corrected chi connectivity index (χ4v) is 3.35. The highest BCUT2D eigenvalue weighted by molar-refractivity contribution is 7.98. The van der Waals surface area contributed by atoms with Gasteiger partial charge < -0.3 is 11.1 Å². The summed E-state index contributed by atoms with van der Waals surface area (Å²) < 4.78 is 0. The molecule has 110 valence electrons. The highest BCUT2D eigenvalue weighted by Crippen LogP contribution is 2.35. The van der Waals surface area contributed by atoms with Crippen LogP contribution in [0.1, 0.15) is 38.5 Å². The van der Waals surface area contributed by atoms with Crippen LogP contribution in [0.25, 0.3) is 0 Å². The van der Waals surface area contributed by atoms with E-state index >= 15 is 0 Å². The van der Waals surface area contributed by atoms with Gasteiger partial charge in [-0.3, -0.25) is 4.79 Å². The third-order valence-electron chi connectivity index (χ3n) is 4.26. The van der Waals surface area contributed by atoms with E-state index in [0.717, 1.165) is 36.3 Å². The zero-order valence-corrected chi connectivity index (χ0v) is 13.0. The van der Waals surface area contributed by atoms with Crippen molar-refractivity contribution in [1.29, 1.82) is 0 Å². The van der Waals surface area contributed by atoms with Crippen LogP contribution in [0.15, 0.2) is 29.2 Å². The lowest BCUT2D eigenvalue weighted by Gasteiger charge is -2.29. The molecule has 20 heavy (non-hydrogen) atoms. The number of benzene rings is 1. The second-order valence-corrected chi connectivity index (χ2v) is 6.46. The lowest BCUT2D eigenvalue weighted by atomic mass is 9.79. The van der Waals surface area contributed by atoms with E-state index in [1.54, 1.807) is 11.8 Å². The maximum atomic E-state index is 12.7. The highest BCUT2D eigenvalue weighted by Gasteiger charge is 2.37. The van der Waals surface area contributed by atoms with Crippen molar-refractivity contribution in [2.75, 3.05) is 18.1 Å². The van der Waals surface area contributed by atoms with Gasteiger partial charge in [0.1, 0.15) is 0 Å². The predicted octanol–water partition coefficient (Wildman–Crippen LogP) is 3.65. The summed E-state index contributed by atoms with van der Waals surface area (Å²) in [5.74, 6) is 0.0974. The first kappa shape index (κ1) is 15.4. The molecule has 0 heterocycles. The number of thioether (sulfide) groups is 1. The van der Waals surface area contributed by atoms with Gasteiger partial charge >= 0.3 is 0 Å². The number of amides is 1. The van der Waals surface area contributed by atoms with Gasteiger partial charge in [0, 0.05) is 17.1 Å². The number of nitrogens with one attached hydrogen (secondary N) is 1. The molecule has 4 heteroatoms. The van der Waals surface area contributed by atoms with Gasteiger partial charge in [-0.05, 0) is 37.3 Å². The Kier molecular flexibility index (Phi) is 5.49. The van der Waals surface area contributed by atoms with Crippen LogP contribution >= 0.6 is 11.8 Å². The minimum absolute atomic E-state index is 0.0974. The van der Waals surface area contributed by atoms with Gasteiger partial charge in [-0.1, -0.05) is 31.7 Å². The Morgan fingerprint density at radius 1 is 1.30 bits per heavy atom. The first-order chi connectivity index (χ1) is 9.70. The molecular weight excluding hydrogens is 268 g/mol. The van der Waals surface area contributed by atoms with Crippen molar-refractivity contribution in [2.24, 2.45) is 11.1 Å². The Morgan fingerprint density at radius 3 is 2.60 bits per heavy atom. The Labute approximate surface area is 125 Å². The smallest absolute Gasteiger partial charge is 0.231 e. The molecule has 2 rings (SSSR count). The fraction of sp³-hybridized carbons (Fsp3) is 0.562. The average molecular weight is 292 g/mol. The molecule has 1 aliphatic carbocycles. The Morgan fingerprint density at radius 2 is 2.00 bits per heavy atom. The molecule has 1 saturated carbocycles. The van der Waals surface area contributed by atoms with Crippen LogP contribution < -0.4 is 11.1 Å². The summed E-state index contributed by atoms with van der Waals surface area (Å²) >= 11 is 1.68. The molecular formula is C16H24N2OS. The van der Waals surface area contributed by atoms with Crippen molar-refractivity contribution in [3.63, 3.8) is 0 Å². The third-order valence-corrected chi connectivity index (χ3v) is 4.99. The number of hydrogen-bond donors (Lipinski definition) is 2. The van der Waals surface area contributed by atoms with Crippen LogP contribution in [-0.2, 0) is 4.79 Å². The van der Waals surface area contributed by atoms with Crippen molar-refractivity contribution in [3.8, 4) is 0 Å². The molecule has 0 unspecified atom stereocenters. The van der Waals surface area contributed by atoms with Crippen LogP contribution in [0.3, 0.4) is 0 Å². The monoisotopic (exact) mass is 292 g/mol. The normalized spacial score (nSPS) is 18.3. The molecule has 3 N–H and O–H groups in total. The maximum absolute atomic E-state index is 12.7. The van der Waals surface area contributed by atoms with Gasteiger partial charge in [-0.25, -0.2) is 0 Å². The lowest BCUT2D eigenvalue weighted by Crippen LogP contribution is -2.42. The van der Waals surface area contributed by atoms with Gasteiger partial charge in [-0.15, -0.1) is 11.8 Å². The molecule has 1 aliphatic rings.